The Morgan fingerprint density at radius 1 is 1.39 bits per heavy atom. The fraction of sp³-hybridized carbons (Fsp3) is 0.0769. The average Bonchev–Trinajstić information content (AvgIpc) is 2.86. The maximum atomic E-state index is 5.12. The minimum absolute atomic E-state index is 0.559. The Kier molecular flexibility index (Phi) is 4.44. The van der Waals surface area contributed by atoms with Crippen LogP contribution in [0.4, 0.5) is 5.13 Å². The van der Waals surface area contributed by atoms with Crippen molar-refractivity contribution in [3.8, 4) is 11.3 Å². The maximum Gasteiger partial charge on any atom is 0.189 e. The summed E-state index contributed by atoms with van der Waals surface area (Å²) in [6.07, 6.45) is 1.76. The molecule has 5 heteroatoms. The van der Waals surface area contributed by atoms with Crippen molar-refractivity contribution < 1.29 is 0 Å². The van der Waals surface area contributed by atoms with E-state index in [1.807, 2.05) is 35.7 Å². The molecule has 1 heterocycles. The number of rotatable bonds is 4. The van der Waals surface area contributed by atoms with Crippen molar-refractivity contribution >= 4 is 33.8 Å². The van der Waals surface area contributed by atoms with Gasteiger partial charge in [-0.1, -0.05) is 36.4 Å². The number of nitrogens with zero attached hydrogens (tertiary/aromatic N) is 1. The predicted octanol–water partition coefficient (Wildman–Crippen LogP) is 3.28. The van der Waals surface area contributed by atoms with Gasteiger partial charge in [-0.05, 0) is 12.2 Å². The highest BCUT2D eigenvalue weighted by molar-refractivity contribution is 7.80. The molecule has 1 aromatic carbocycles. The largest absolute Gasteiger partial charge is 0.359 e. The van der Waals surface area contributed by atoms with Crippen molar-refractivity contribution in [3.05, 3.63) is 48.4 Å². The van der Waals surface area contributed by atoms with Crippen molar-refractivity contribution in [3.63, 3.8) is 0 Å². The first-order valence-corrected chi connectivity index (χ1v) is 6.75. The molecular formula is C13H13N3S2. The molecular weight excluding hydrogens is 262 g/mol. The van der Waals surface area contributed by atoms with E-state index in [1.54, 1.807) is 6.08 Å². The van der Waals surface area contributed by atoms with E-state index in [0.29, 0.717) is 11.7 Å². The van der Waals surface area contributed by atoms with Crippen LogP contribution in [-0.4, -0.2) is 16.6 Å². The molecule has 2 aromatic rings. The second-order valence-corrected chi connectivity index (χ2v) is 4.79. The first-order valence-electron chi connectivity index (χ1n) is 5.46. The van der Waals surface area contributed by atoms with Crippen LogP contribution < -0.4 is 10.6 Å². The van der Waals surface area contributed by atoms with Crippen LogP contribution in [0.5, 0.6) is 0 Å². The lowest BCUT2D eigenvalue weighted by atomic mass is 10.2. The van der Waals surface area contributed by atoms with Crippen LogP contribution in [0.15, 0.2) is 48.4 Å². The van der Waals surface area contributed by atoms with Crippen LogP contribution in [0.3, 0.4) is 0 Å². The van der Waals surface area contributed by atoms with E-state index in [-0.39, 0.29) is 0 Å². The molecule has 0 aliphatic heterocycles. The van der Waals surface area contributed by atoms with Gasteiger partial charge in [0.25, 0.3) is 0 Å². The van der Waals surface area contributed by atoms with Gasteiger partial charge < -0.3 is 10.6 Å². The summed E-state index contributed by atoms with van der Waals surface area (Å²) in [4.78, 5) is 4.48. The third-order valence-corrected chi connectivity index (χ3v) is 3.21. The molecule has 2 rings (SSSR count). The van der Waals surface area contributed by atoms with Crippen molar-refractivity contribution in [2.75, 3.05) is 11.9 Å². The van der Waals surface area contributed by atoms with Gasteiger partial charge in [-0.3, -0.25) is 0 Å². The van der Waals surface area contributed by atoms with Gasteiger partial charge in [0, 0.05) is 17.5 Å². The number of hydrogen-bond acceptors (Lipinski definition) is 3. The van der Waals surface area contributed by atoms with Crippen molar-refractivity contribution in [2.24, 2.45) is 0 Å². The van der Waals surface area contributed by atoms with Gasteiger partial charge >= 0.3 is 0 Å². The molecule has 0 aliphatic rings. The topological polar surface area (TPSA) is 37.0 Å². The van der Waals surface area contributed by atoms with Gasteiger partial charge in [0.2, 0.25) is 0 Å². The first kappa shape index (κ1) is 12.7. The Morgan fingerprint density at radius 3 is 2.89 bits per heavy atom. The Hall–Kier alpha value is -1.72. The highest BCUT2D eigenvalue weighted by Gasteiger charge is 2.04. The Labute approximate surface area is 116 Å². The summed E-state index contributed by atoms with van der Waals surface area (Å²) in [5.41, 5.74) is 2.06. The third kappa shape index (κ3) is 3.38. The fourth-order valence-electron chi connectivity index (χ4n) is 1.38. The quantitative estimate of drug-likeness (QED) is 0.663. The SMILES string of the molecule is C=CCNC(=S)Nc1nc(-c2ccccc2)cs1. The lowest BCUT2D eigenvalue weighted by molar-refractivity contribution is 1.06. The summed E-state index contributed by atoms with van der Waals surface area (Å²) in [7, 11) is 0. The molecule has 0 saturated heterocycles. The third-order valence-electron chi connectivity index (χ3n) is 2.20. The zero-order chi connectivity index (χ0) is 12.8. The molecule has 0 spiro atoms. The minimum Gasteiger partial charge on any atom is -0.359 e. The van der Waals surface area contributed by atoms with E-state index in [2.05, 4.69) is 22.2 Å². The van der Waals surface area contributed by atoms with E-state index in [1.165, 1.54) is 11.3 Å². The standard InChI is InChI=1S/C13H13N3S2/c1-2-8-14-12(17)16-13-15-11(9-18-13)10-6-4-3-5-7-10/h2-7,9H,1,8H2,(H2,14,15,16,17). The van der Waals surface area contributed by atoms with E-state index in [9.17, 15) is 0 Å². The van der Waals surface area contributed by atoms with Crippen molar-refractivity contribution in [1.29, 1.82) is 0 Å². The number of aromatic nitrogens is 1. The monoisotopic (exact) mass is 275 g/mol. The second kappa shape index (κ2) is 6.28. The molecule has 0 unspecified atom stereocenters. The molecule has 0 fully saturated rings. The van der Waals surface area contributed by atoms with E-state index >= 15 is 0 Å². The Morgan fingerprint density at radius 2 is 2.17 bits per heavy atom. The van der Waals surface area contributed by atoms with Gasteiger partial charge in [-0.25, -0.2) is 4.98 Å². The zero-order valence-corrected chi connectivity index (χ0v) is 11.4. The molecule has 0 saturated carbocycles. The van der Waals surface area contributed by atoms with Gasteiger partial charge in [-0.15, -0.1) is 17.9 Å². The van der Waals surface area contributed by atoms with Gasteiger partial charge in [0.05, 0.1) is 5.69 Å². The molecule has 0 radical (unpaired) electrons. The molecule has 2 N–H and O–H groups in total. The first-order chi connectivity index (χ1) is 8.79. The number of hydrogen-bond donors (Lipinski definition) is 2. The summed E-state index contributed by atoms with van der Waals surface area (Å²) in [6, 6.07) is 10.1. The van der Waals surface area contributed by atoms with E-state index in [0.717, 1.165) is 16.4 Å². The van der Waals surface area contributed by atoms with Gasteiger partial charge in [-0.2, -0.15) is 0 Å². The average molecular weight is 275 g/mol. The predicted molar refractivity (Wildman–Crippen MR) is 82.0 cm³/mol. The number of anilines is 1. The molecule has 0 bridgehead atoms. The van der Waals surface area contributed by atoms with Crippen LogP contribution >= 0.6 is 23.6 Å². The van der Waals surface area contributed by atoms with Gasteiger partial charge in [0.15, 0.2) is 10.2 Å². The van der Waals surface area contributed by atoms with Crippen LogP contribution in [-0.2, 0) is 0 Å². The summed E-state index contributed by atoms with van der Waals surface area (Å²) in [6.45, 7) is 4.26. The number of benzene rings is 1. The van der Waals surface area contributed by atoms with Crippen LogP contribution in [0.1, 0.15) is 0 Å². The second-order valence-electron chi connectivity index (χ2n) is 3.53. The highest BCUT2D eigenvalue weighted by Crippen LogP contribution is 2.24. The molecule has 18 heavy (non-hydrogen) atoms. The van der Waals surface area contributed by atoms with E-state index < -0.39 is 0 Å². The smallest absolute Gasteiger partial charge is 0.189 e. The summed E-state index contributed by atoms with van der Waals surface area (Å²) < 4.78 is 0. The summed E-state index contributed by atoms with van der Waals surface area (Å²) in [5.74, 6) is 0. The summed E-state index contributed by atoms with van der Waals surface area (Å²) >= 11 is 6.65. The lowest BCUT2D eigenvalue weighted by Crippen LogP contribution is -2.28. The highest BCUT2D eigenvalue weighted by atomic mass is 32.1. The van der Waals surface area contributed by atoms with Crippen molar-refractivity contribution in [1.82, 2.24) is 10.3 Å². The molecule has 92 valence electrons. The molecule has 0 atom stereocenters. The lowest BCUT2D eigenvalue weighted by Gasteiger charge is -2.04. The number of thiocarbonyl (C=S) groups is 1. The maximum absolute atomic E-state index is 5.12. The van der Waals surface area contributed by atoms with E-state index in [4.69, 9.17) is 12.2 Å². The molecule has 1 aromatic heterocycles. The molecule has 0 aliphatic carbocycles. The number of nitrogens with one attached hydrogen (secondary N) is 2. The van der Waals surface area contributed by atoms with Crippen LogP contribution in [0.2, 0.25) is 0 Å². The van der Waals surface area contributed by atoms with Crippen LogP contribution in [0.25, 0.3) is 11.3 Å². The fourth-order valence-corrected chi connectivity index (χ4v) is 2.35. The molecule has 0 amide bonds. The Balaban J connectivity index is 2.02. The Bertz CT molecular complexity index is 534. The normalized spacial score (nSPS) is 9.78. The minimum atomic E-state index is 0.559. The van der Waals surface area contributed by atoms with Crippen molar-refractivity contribution in [2.45, 2.75) is 0 Å². The molecule has 3 nitrogen and oxygen atoms in total. The van der Waals surface area contributed by atoms with Gasteiger partial charge in [0.1, 0.15) is 0 Å². The summed E-state index contributed by atoms with van der Waals surface area (Å²) in [5, 5.41) is 9.40. The van der Waals surface area contributed by atoms with Crippen LogP contribution in [0, 0.1) is 0 Å². The number of thiazole rings is 1. The zero-order valence-electron chi connectivity index (χ0n) is 9.72.